The van der Waals surface area contributed by atoms with E-state index < -0.39 is 51.9 Å². The molecule has 8 nitrogen and oxygen atoms in total. The Morgan fingerprint density at radius 1 is 1.03 bits per heavy atom. The highest BCUT2D eigenvalue weighted by Crippen LogP contribution is 2.30. The standard InChI is InChI=1S/C26H30F3N3O5S2/c1-16(33)31-20-6-11-23(18(13-20)15-39(36,37)22-9-7-21(38-2)8-10-22)32-24(34)14-30-25(35)17-4-3-5-19(12-17)26(27,28)29/h3-5,7-10,12,18,20,23H,6,11,13-15H2,1-2H3,(H,30,35)(H,31,33)(H,32,34)/t18-,20+,23+/m1/s1. The molecule has 1 saturated carbocycles. The molecule has 1 aliphatic carbocycles. The average Bonchev–Trinajstić information content (AvgIpc) is 2.88. The summed E-state index contributed by atoms with van der Waals surface area (Å²) in [5, 5.41) is 7.88. The molecule has 3 atom stereocenters. The second-order valence-electron chi connectivity index (χ2n) is 9.36. The quantitative estimate of drug-likeness (QED) is 0.388. The van der Waals surface area contributed by atoms with Crippen LogP contribution in [-0.2, 0) is 25.6 Å². The number of sulfone groups is 1. The van der Waals surface area contributed by atoms with Gasteiger partial charge in [0.25, 0.3) is 5.91 Å². The number of hydrogen-bond acceptors (Lipinski definition) is 6. The van der Waals surface area contributed by atoms with Crippen LogP contribution < -0.4 is 16.0 Å². The van der Waals surface area contributed by atoms with E-state index in [2.05, 4.69) is 16.0 Å². The lowest BCUT2D eigenvalue weighted by Gasteiger charge is -2.36. The van der Waals surface area contributed by atoms with Crippen LogP contribution in [0.2, 0.25) is 0 Å². The lowest BCUT2D eigenvalue weighted by molar-refractivity contribution is -0.137. The number of rotatable bonds is 9. The fourth-order valence-corrected chi connectivity index (χ4v) is 6.66. The van der Waals surface area contributed by atoms with Gasteiger partial charge >= 0.3 is 6.18 Å². The summed E-state index contributed by atoms with van der Waals surface area (Å²) in [5.74, 6) is -2.48. The normalized spacial score (nSPS) is 19.7. The van der Waals surface area contributed by atoms with Crippen LogP contribution in [0.3, 0.4) is 0 Å². The lowest BCUT2D eigenvalue weighted by Crippen LogP contribution is -2.52. The van der Waals surface area contributed by atoms with Gasteiger partial charge in [-0.05, 0) is 73.9 Å². The third kappa shape index (κ3) is 8.72. The Morgan fingerprint density at radius 3 is 2.33 bits per heavy atom. The lowest BCUT2D eigenvalue weighted by atomic mass is 9.82. The fraction of sp³-hybridized carbons (Fsp3) is 0.423. The van der Waals surface area contributed by atoms with Gasteiger partial charge in [0, 0.05) is 29.5 Å². The molecule has 0 heterocycles. The molecule has 3 N–H and O–H groups in total. The third-order valence-electron chi connectivity index (χ3n) is 6.45. The molecule has 212 valence electrons. The summed E-state index contributed by atoms with van der Waals surface area (Å²) < 4.78 is 65.2. The summed E-state index contributed by atoms with van der Waals surface area (Å²) in [5.41, 5.74) is -1.23. The molecule has 2 aromatic rings. The predicted molar refractivity (Wildman–Crippen MR) is 141 cm³/mol. The summed E-state index contributed by atoms with van der Waals surface area (Å²) in [4.78, 5) is 37.6. The van der Waals surface area contributed by atoms with Gasteiger partial charge in [-0.2, -0.15) is 13.2 Å². The van der Waals surface area contributed by atoms with Crippen molar-refractivity contribution in [2.45, 2.75) is 54.2 Å². The summed E-state index contributed by atoms with van der Waals surface area (Å²) in [6.45, 7) is 0.871. The van der Waals surface area contributed by atoms with E-state index in [1.165, 1.54) is 36.9 Å². The molecule has 0 aliphatic heterocycles. The molecule has 0 radical (unpaired) electrons. The van der Waals surface area contributed by atoms with E-state index >= 15 is 0 Å². The molecule has 1 aliphatic rings. The van der Waals surface area contributed by atoms with Crippen molar-refractivity contribution in [2.75, 3.05) is 18.6 Å². The van der Waals surface area contributed by atoms with Crippen molar-refractivity contribution < 1.29 is 36.0 Å². The Hall–Kier alpha value is -3.06. The van der Waals surface area contributed by atoms with Crippen LogP contribution >= 0.6 is 11.8 Å². The topological polar surface area (TPSA) is 121 Å². The van der Waals surface area contributed by atoms with Gasteiger partial charge in [-0.15, -0.1) is 11.8 Å². The van der Waals surface area contributed by atoms with Crippen LogP contribution in [0, 0.1) is 5.92 Å². The third-order valence-corrected chi connectivity index (χ3v) is 9.05. The Bertz CT molecular complexity index is 1300. The molecule has 2 aromatic carbocycles. The first kappa shape index (κ1) is 30.5. The zero-order valence-electron chi connectivity index (χ0n) is 21.4. The van der Waals surface area contributed by atoms with E-state index in [1.54, 1.807) is 12.1 Å². The van der Waals surface area contributed by atoms with Crippen LogP contribution in [0.15, 0.2) is 58.3 Å². The molecule has 0 aromatic heterocycles. The minimum atomic E-state index is -4.61. The largest absolute Gasteiger partial charge is 0.416 e. The molecule has 1 fully saturated rings. The van der Waals surface area contributed by atoms with Crippen LogP contribution in [0.5, 0.6) is 0 Å². The van der Waals surface area contributed by atoms with Crippen LogP contribution in [0.4, 0.5) is 13.2 Å². The average molecular weight is 586 g/mol. The number of halogens is 3. The van der Waals surface area contributed by atoms with E-state index in [9.17, 15) is 36.0 Å². The van der Waals surface area contributed by atoms with Gasteiger partial charge < -0.3 is 16.0 Å². The zero-order valence-corrected chi connectivity index (χ0v) is 23.0. The van der Waals surface area contributed by atoms with Gasteiger partial charge in [0.15, 0.2) is 9.84 Å². The highest BCUT2D eigenvalue weighted by atomic mass is 32.2. The second kappa shape index (κ2) is 12.9. The van der Waals surface area contributed by atoms with E-state index in [0.717, 1.165) is 17.0 Å². The predicted octanol–water partition coefficient (Wildman–Crippen LogP) is 3.42. The van der Waals surface area contributed by atoms with Crippen molar-refractivity contribution >= 4 is 39.3 Å². The fourth-order valence-electron chi connectivity index (χ4n) is 4.58. The zero-order chi connectivity index (χ0) is 28.8. The molecule has 0 spiro atoms. The van der Waals surface area contributed by atoms with Gasteiger partial charge in [0.2, 0.25) is 11.8 Å². The molecule has 3 amide bonds. The van der Waals surface area contributed by atoms with E-state index in [0.29, 0.717) is 25.3 Å². The molecule has 3 rings (SSSR count). The molecular formula is C26H30F3N3O5S2. The van der Waals surface area contributed by atoms with Crippen LogP contribution in [0.25, 0.3) is 0 Å². The van der Waals surface area contributed by atoms with Crippen molar-refractivity contribution in [1.82, 2.24) is 16.0 Å². The van der Waals surface area contributed by atoms with E-state index in [4.69, 9.17) is 0 Å². The highest BCUT2D eigenvalue weighted by molar-refractivity contribution is 7.98. The Labute approximate surface area is 229 Å². The highest BCUT2D eigenvalue weighted by Gasteiger charge is 2.35. The first-order chi connectivity index (χ1) is 18.3. The Balaban J connectivity index is 1.67. The van der Waals surface area contributed by atoms with Gasteiger partial charge in [0.05, 0.1) is 22.8 Å². The number of carbonyl (C=O) groups is 3. The van der Waals surface area contributed by atoms with E-state index in [1.807, 2.05) is 6.26 Å². The maximum absolute atomic E-state index is 13.2. The summed E-state index contributed by atoms with van der Waals surface area (Å²) >= 11 is 1.48. The summed E-state index contributed by atoms with van der Waals surface area (Å²) in [6.07, 6.45) is -1.51. The molecule has 0 unspecified atom stereocenters. The first-order valence-corrected chi connectivity index (χ1v) is 15.0. The minimum absolute atomic E-state index is 0.153. The van der Waals surface area contributed by atoms with Crippen molar-refractivity contribution in [1.29, 1.82) is 0 Å². The SMILES string of the molecule is CSc1ccc(S(=O)(=O)C[C@H]2C[C@@H](NC(C)=O)CC[C@@H]2NC(=O)CNC(=O)c2cccc(C(F)(F)F)c2)cc1. The Kier molecular flexibility index (Phi) is 10.1. The summed E-state index contributed by atoms with van der Waals surface area (Å²) in [7, 11) is -3.72. The number of thioether (sulfide) groups is 1. The minimum Gasteiger partial charge on any atom is -0.354 e. The number of hydrogen-bond donors (Lipinski definition) is 3. The smallest absolute Gasteiger partial charge is 0.354 e. The number of carbonyl (C=O) groups excluding carboxylic acids is 3. The molecular weight excluding hydrogens is 555 g/mol. The second-order valence-corrected chi connectivity index (χ2v) is 12.3. The number of benzene rings is 2. The number of nitrogens with one attached hydrogen (secondary N) is 3. The van der Waals surface area contributed by atoms with Crippen molar-refractivity contribution in [2.24, 2.45) is 5.92 Å². The monoisotopic (exact) mass is 585 g/mol. The molecule has 0 saturated heterocycles. The van der Waals surface area contributed by atoms with Crippen LogP contribution in [-0.4, -0.2) is 56.8 Å². The maximum Gasteiger partial charge on any atom is 0.416 e. The molecule has 0 bridgehead atoms. The first-order valence-electron chi connectivity index (χ1n) is 12.2. The van der Waals surface area contributed by atoms with Crippen molar-refractivity contribution in [3.63, 3.8) is 0 Å². The van der Waals surface area contributed by atoms with Crippen molar-refractivity contribution in [3.05, 3.63) is 59.7 Å². The van der Waals surface area contributed by atoms with Gasteiger partial charge in [-0.25, -0.2) is 8.42 Å². The van der Waals surface area contributed by atoms with Gasteiger partial charge in [-0.3, -0.25) is 14.4 Å². The molecule has 39 heavy (non-hydrogen) atoms. The number of alkyl halides is 3. The summed E-state index contributed by atoms with van der Waals surface area (Å²) in [6, 6.07) is 9.54. The Morgan fingerprint density at radius 2 is 1.72 bits per heavy atom. The maximum atomic E-state index is 13.2. The van der Waals surface area contributed by atoms with E-state index in [-0.39, 0.29) is 28.2 Å². The van der Waals surface area contributed by atoms with Gasteiger partial charge in [0.1, 0.15) is 0 Å². The van der Waals surface area contributed by atoms with Crippen molar-refractivity contribution in [3.8, 4) is 0 Å². The van der Waals surface area contributed by atoms with Crippen LogP contribution in [0.1, 0.15) is 42.1 Å². The molecule has 13 heteroatoms. The number of amides is 3. The van der Waals surface area contributed by atoms with Gasteiger partial charge in [-0.1, -0.05) is 6.07 Å².